The Morgan fingerprint density at radius 1 is 0.966 bits per heavy atom. The molecule has 1 aliphatic rings. The Kier molecular flexibility index (Phi) is 5.85. The summed E-state index contributed by atoms with van der Waals surface area (Å²) in [4.78, 5) is 13.9. The van der Waals surface area contributed by atoms with E-state index in [0.717, 1.165) is 11.6 Å². The lowest BCUT2D eigenvalue weighted by Crippen LogP contribution is -2.51. The number of sulfonamides is 1. The first-order valence-electron chi connectivity index (χ1n) is 8.88. The SMILES string of the molecule is Cc1ccc(S(=O)(=O)N2CCN(C(=O)Nc3ccccc3C(F)(F)F)CC2)cc1. The zero-order chi connectivity index (χ0) is 21.2. The number of hydrogen-bond donors (Lipinski definition) is 1. The second-order valence-corrected chi connectivity index (χ2v) is 8.62. The van der Waals surface area contributed by atoms with Gasteiger partial charge in [-0.1, -0.05) is 29.8 Å². The van der Waals surface area contributed by atoms with Crippen LogP contribution in [-0.2, 0) is 16.2 Å². The number of amides is 2. The monoisotopic (exact) mass is 427 g/mol. The highest BCUT2D eigenvalue weighted by Gasteiger charge is 2.35. The first kappa shape index (κ1) is 21.1. The van der Waals surface area contributed by atoms with Gasteiger partial charge in [-0.3, -0.25) is 0 Å². The van der Waals surface area contributed by atoms with E-state index in [9.17, 15) is 26.4 Å². The lowest BCUT2D eigenvalue weighted by Gasteiger charge is -2.34. The van der Waals surface area contributed by atoms with Crippen molar-refractivity contribution in [2.75, 3.05) is 31.5 Å². The van der Waals surface area contributed by atoms with Crippen molar-refractivity contribution in [1.82, 2.24) is 9.21 Å². The number of nitrogens with one attached hydrogen (secondary N) is 1. The van der Waals surface area contributed by atoms with E-state index >= 15 is 0 Å². The summed E-state index contributed by atoms with van der Waals surface area (Å²) in [5.41, 5.74) is -0.335. The molecule has 1 heterocycles. The van der Waals surface area contributed by atoms with Crippen molar-refractivity contribution in [3.63, 3.8) is 0 Å². The van der Waals surface area contributed by atoms with Gasteiger partial charge in [0.2, 0.25) is 10.0 Å². The van der Waals surface area contributed by atoms with Crippen molar-refractivity contribution in [2.45, 2.75) is 18.0 Å². The van der Waals surface area contributed by atoms with Crippen LogP contribution in [0.5, 0.6) is 0 Å². The largest absolute Gasteiger partial charge is 0.418 e. The summed E-state index contributed by atoms with van der Waals surface area (Å²) >= 11 is 0. The molecule has 0 spiro atoms. The molecule has 0 aromatic heterocycles. The molecule has 3 rings (SSSR count). The van der Waals surface area contributed by atoms with Gasteiger partial charge in [-0.15, -0.1) is 0 Å². The number of urea groups is 1. The topological polar surface area (TPSA) is 69.7 Å². The molecule has 2 aromatic rings. The zero-order valence-electron chi connectivity index (χ0n) is 15.6. The molecular weight excluding hydrogens is 407 g/mol. The van der Waals surface area contributed by atoms with Crippen LogP contribution in [0.2, 0.25) is 0 Å². The number of halogens is 3. The fourth-order valence-electron chi connectivity index (χ4n) is 3.02. The highest BCUT2D eigenvalue weighted by Crippen LogP contribution is 2.34. The average Bonchev–Trinajstić information content (AvgIpc) is 2.68. The number of nitrogens with zero attached hydrogens (tertiary/aromatic N) is 2. The molecule has 6 nitrogen and oxygen atoms in total. The highest BCUT2D eigenvalue weighted by molar-refractivity contribution is 7.89. The number of benzene rings is 2. The minimum absolute atomic E-state index is 0.0601. The lowest BCUT2D eigenvalue weighted by atomic mass is 10.1. The first-order chi connectivity index (χ1) is 13.6. The van der Waals surface area contributed by atoms with Crippen molar-refractivity contribution in [3.8, 4) is 0 Å². The van der Waals surface area contributed by atoms with Crippen LogP contribution >= 0.6 is 0 Å². The zero-order valence-corrected chi connectivity index (χ0v) is 16.4. The van der Waals surface area contributed by atoms with Gasteiger partial charge in [0.1, 0.15) is 0 Å². The molecule has 0 saturated carbocycles. The minimum Gasteiger partial charge on any atom is -0.322 e. The third kappa shape index (κ3) is 4.70. The Labute approximate surface area is 167 Å². The highest BCUT2D eigenvalue weighted by atomic mass is 32.2. The fourth-order valence-corrected chi connectivity index (χ4v) is 4.45. The number of aryl methyl sites for hydroxylation is 1. The Balaban J connectivity index is 1.65. The van der Waals surface area contributed by atoms with Crippen LogP contribution in [0.1, 0.15) is 11.1 Å². The van der Waals surface area contributed by atoms with E-state index < -0.39 is 27.8 Å². The predicted molar refractivity (Wildman–Crippen MR) is 102 cm³/mol. The molecule has 1 N–H and O–H groups in total. The summed E-state index contributed by atoms with van der Waals surface area (Å²) in [6.07, 6.45) is -4.59. The molecule has 0 atom stereocenters. The second-order valence-electron chi connectivity index (χ2n) is 6.68. The Morgan fingerprint density at radius 2 is 1.55 bits per heavy atom. The van der Waals surface area contributed by atoms with Gasteiger partial charge < -0.3 is 10.2 Å². The van der Waals surface area contributed by atoms with Gasteiger partial charge in [0.05, 0.1) is 16.1 Å². The van der Waals surface area contributed by atoms with Crippen LogP contribution in [0.4, 0.5) is 23.7 Å². The molecule has 1 saturated heterocycles. The summed E-state index contributed by atoms with van der Waals surface area (Å²) in [7, 11) is -3.69. The van der Waals surface area contributed by atoms with Gasteiger partial charge in [-0.2, -0.15) is 17.5 Å². The third-order valence-corrected chi connectivity index (χ3v) is 6.57. The van der Waals surface area contributed by atoms with Crippen LogP contribution < -0.4 is 5.32 Å². The Bertz CT molecular complexity index is 984. The molecular formula is C19H20F3N3O3S. The minimum atomic E-state index is -4.59. The van der Waals surface area contributed by atoms with Gasteiger partial charge in [-0.25, -0.2) is 13.2 Å². The van der Waals surface area contributed by atoms with Crippen LogP contribution in [0.3, 0.4) is 0 Å². The number of alkyl halides is 3. The molecule has 0 aliphatic carbocycles. The molecule has 1 fully saturated rings. The van der Waals surface area contributed by atoms with Crippen LogP contribution in [0.15, 0.2) is 53.4 Å². The number of anilines is 1. The maximum Gasteiger partial charge on any atom is 0.418 e. The summed E-state index contributed by atoms with van der Waals surface area (Å²) in [6.45, 7) is 2.12. The molecule has 2 aromatic carbocycles. The van der Waals surface area contributed by atoms with Gasteiger partial charge in [0, 0.05) is 26.2 Å². The third-order valence-electron chi connectivity index (χ3n) is 4.66. The van der Waals surface area contributed by atoms with E-state index in [4.69, 9.17) is 0 Å². The molecule has 10 heteroatoms. The maximum absolute atomic E-state index is 13.1. The van der Waals surface area contributed by atoms with E-state index in [2.05, 4.69) is 5.32 Å². The maximum atomic E-state index is 13.1. The van der Waals surface area contributed by atoms with Crippen LogP contribution in [0, 0.1) is 6.92 Å². The summed E-state index contributed by atoms with van der Waals surface area (Å²) in [6, 6.07) is 10.5. The van der Waals surface area contributed by atoms with E-state index in [1.807, 2.05) is 6.92 Å². The number of carbonyl (C=O) groups is 1. The molecule has 0 bridgehead atoms. The van der Waals surface area contributed by atoms with Crippen molar-refractivity contribution in [3.05, 3.63) is 59.7 Å². The number of hydrogen-bond acceptors (Lipinski definition) is 3. The summed E-state index contributed by atoms with van der Waals surface area (Å²) < 4.78 is 65.9. The lowest BCUT2D eigenvalue weighted by molar-refractivity contribution is -0.136. The predicted octanol–water partition coefficient (Wildman–Crippen LogP) is 3.55. The standard InChI is InChI=1S/C19H20F3N3O3S/c1-14-6-8-15(9-7-14)29(27,28)25-12-10-24(11-13-25)18(26)23-17-5-3-2-4-16(17)19(20,21)22/h2-9H,10-13H2,1H3,(H,23,26). The van der Waals surface area contributed by atoms with Crippen molar-refractivity contribution in [1.29, 1.82) is 0 Å². The van der Waals surface area contributed by atoms with Gasteiger partial charge in [-0.05, 0) is 31.2 Å². The van der Waals surface area contributed by atoms with E-state index in [-0.39, 0.29) is 36.8 Å². The summed E-state index contributed by atoms with van der Waals surface area (Å²) in [5.74, 6) is 0. The van der Waals surface area contributed by atoms with Gasteiger partial charge in [0.25, 0.3) is 0 Å². The number of para-hydroxylation sites is 1. The average molecular weight is 427 g/mol. The quantitative estimate of drug-likeness (QED) is 0.815. The first-order valence-corrected chi connectivity index (χ1v) is 10.3. The van der Waals surface area contributed by atoms with E-state index in [0.29, 0.717) is 0 Å². The molecule has 29 heavy (non-hydrogen) atoms. The van der Waals surface area contributed by atoms with Crippen molar-refractivity contribution >= 4 is 21.7 Å². The number of carbonyl (C=O) groups excluding carboxylic acids is 1. The normalized spacial score (nSPS) is 15.9. The fraction of sp³-hybridized carbons (Fsp3) is 0.316. The molecule has 156 valence electrons. The van der Waals surface area contributed by atoms with Crippen LogP contribution in [-0.4, -0.2) is 49.8 Å². The van der Waals surface area contributed by atoms with Crippen LogP contribution in [0.25, 0.3) is 0 Å². The van der Waals surface area contributed by atoms with Gasteiger partial charge >= 0.3 is 12.2 Å². The Morgan fingerprint density at radius 3 is 2.14 bits per heavy atom. The van der Waals surface area contributed by atoms with Crippen molar-refractivity contribution < 1.29 is 26.4 Å². The number of rotatable bonds is 3. The van der Waals surface area contributed by atoms with E-state index in [1.54, 1.807) is 12.1 Å². The van der Waals surface area contributed by atoms with Crippen molar-refractivity contribution in [2.24, 2.45) is 0 Å². The molecule has 1 aliphatic heterocycles. The van der Waals surface area contributed by atoms with E-state index in [1.165, 1.54) is 39.5 Å². The Hall–Kier alpha value is -2.59. The number of piperazine rings is 1. The molecule has 0 unspecified atom stereocenters. The molecule has 0 radical (unpaired) electrons. The molecule has 2 amide bonds. The van der Waals surface area contributed by atoms with Gasteiger partial charge in [0.15, 0.2) is 0 Å². The second kappa shape index (κ2) is 8.03. The smallest absolute Gasteiger partial charge is 0.322 e. The summed E-state index contributed by atoms with van der Waals surface area (Å²) in [5, 5.41) is 2.28.